The van der Waals surface area contributed by atoms with E-state index in [1.165, 1.54) is 24.3 Å². The lowest BCUT2D eigenvalue weighted by atomic mass is 9.85. The Labute approximate surface area is 114 Å². The van der Waals surface area contributed by atoms with E-state index in [-0.39, 0.29) is 10.9 Å². The van der Waals surface area contributed by atoms with Crippen LogP contribution in [-0.4, -0.2) is 14.5 Å². The number of hydrogen-bond acceptors (Lipinski definition) is 2. The molecular weight excluding hydrogens is 265 g/mol. The minimum Gasteiger partial charge on any atom is -0.208 e. The Morgan fingerprint density at radius 2 is 1.74 bits per heavy atom. The van der Waals surface area contributed by atoms with Gasteiger partial charge in [-0.05, 0) is 55.9 Å². The Morgan fingerprint density at radius 3 is 2.26 bits per heavy atom. The Balaban J connectivity index is 2.00. The molecule has 1 aromatic carbocycles. The minimum absolute atomic E-state index is 0.0119. The van der Waals surface area contributed by atoms with Crippen molar-refractivity contribution in [1.29, 1.82) is 0 Å². The summed E-state index contributed by atoms with van der Waals surface area (Å²) in [5.41, 5.74) is 0. The highest BCUT2D eigenvalue weighted by Gasteiger charge is 2.24. The summed E-state index contributed by atoms with van der Waals surface area (Å²) in [6.45, 7) is 2.17. The van der Waals surface area contributed by atoms with Crippen molar-refractivity contribution in [3.05, 3.63) is 30.1 Å². The van der Waals surface area contributed by atoms with Crippen LogP contribution in [-0.2, 0) is 10.0 Å². The fourth-order valence-electron chi connectivity index (χ4n) is 2.59. The number of hydrogen-bond donors (Lipinski definition) is 1. The molecule has 1 aliphatic carbocycles. The largest absolute Gasteiger partial charge is 0.240 e. The lowest BCUT2D eigenvalue weighted by molar-refractivity contribution is 0.306. The van der Waals surface area contributed by atoms with Crippen LogP contribution in [0, 0.1) is 11.7 Å². The molecule has 0 aliphatic heterocycles. The van der Waals surface area contributed by atoms with Crippen LogP contribution < -0.4 is 4.72 Å². The molecule has 0 radical (unpaired) electrons. The molecule has 5 heteroatoms. The van der Waals surface area contributed by atoms with Crippen LogP contribution in [0.15, 0.2) is 29.2 Å². The predicted molar refractivity (Wildman–Crippen MR) is 72.8 cm³/mol. The van der Waals surface area contributed by atoms with Gasteiger partial charge in [-0.1, -0.05) is 13.3 Å². The molecule has 1 saturated carbocycles. The van der Waals surface area contributed by atoms with E-state index in [0.717, 1.165) is 38.0 Å². The molecule has 1 fully saturated rings. The van der Waals surface area contributed by atoms with Gasteiger partial charge in [-0.3, -0.25) is 0 Å². The van der Waals surface area contributed by atoms with E-state index < -0.39 is 15.8 Å². The SMILES string of the molecule is CCC1CCC(NS(=O)(=O)c2ccc(F)cc2)CC1. The maximum absolute atomic E-state index is 12.8. The zero-order valence-corrected chi connectivity index (χ0v) is 11.9. The molecule has 3 nitrogen and oxygen atoms in total. The van der Waals surface area contributed by atoms with Gasteiger partial charge in [0.25, 0.3) is 0 Å². The molecule has 19 heavy (non-hydrogen) atoms. The van der Waals surface area contributed by atoms with Gasteiger partial charge in [0.15, 0.2) is 0 Å². The lowest BCUT2D eigenvalue weighted by Crippen LogP contribution is -2.37. The van der Waals surface area contributed by atoms with Gasteiger partial charge in [0, 0.05) is 6.04 Å². The molecule has 106 valence electrons. The van der Waals surface area contributed by atoms with Crippen molar-refractivity contribution in [2.75, 3.05) is 0 Å². The summed E-state index contributed by atoms with van der Waals surface area (Å²) in [4.78, 5) is 0.131. The highest BCUT2D eigenvalue weighted by molar-refractivity contribution is 7.89. The predicted octanol–water partition coefficient (Wildman–Crippen LogP) is 3.07. The molecular formula is C14H20FNO2S. The molecule has 0 aromatic heterocycles. The van der Waals surface area contributed by atoms with E-state index in [0.29, 0.717) is 0 Å². The van der Waals surface area contributed by atoms with E-state index in [9.17, 15) is 12.8 Å². The minimum atomic E-state index is -3.52. The monoisotopic (exact) mass is 285 g/mol. The molecule has 1 N–H and O–H groups in total. The maximum atomic E-state index is 12.8. The van der Waals surface area contributed by atoms with Crippen LogP contribution in [0.25, 0.3) is 0 Å². The summed E-state index contributed by atoms with van der Waals surface area (Å²) in [7, 11) is -3.52. The van der Waals surface area contributed by atoms with E-state index in [2.05, 4.69) is 11.6 Å². The normalized spacial score (nSPS) is 24.3. The quantitative estimate of drug-likeness (QED) is 0.924. The smallest absolute Gasteiger partial charge is 0.208 e. The number of halogens is 1. The second kappa shape index (κ2) is 6.01. The molecule has 0 unspecified atom stereocenters. The molecule has 0 amide bonds. The Hall–Kier alpha value is -0.940. The summed E-state index contributed by atoms with van der Waals surface area (Å²) < 4.78 is 39.8. The van der Waals surface area contributed by atoms with E-state index >= 15 is 0 Å². The highest BCUT2D eigenvalue weighted by Crippen LogP contribution is 2.27. The topological polar surface area (TPSA) is 46.2 Å². The van der Waals surface area contributed by atoms with Crippen molar-refractivity contribution >= 4 is 10.0 Å². The summed E-state index contributed by atoms with van der Waals surface area (Å²) in [6.07, 6.45) is 5.09. The van der Waals surface area contributed by atoms with E-state index in [1.807, 2.05) is 0 Å². The average molecular weight is 285 g/mol. The van der Waals surface area contributed by atoms with Crippen LogP contribution in [0.3, 0.4) is 0 Å². The van der Waals surface area contributed by atoms with Crippen molar-refractivity contribution in [3.8, 4) is 0 Å². The van der Waals surface area contributed by atoms with Crippen molar-refractivity contribution in [2.45, 2.75) is 50.0 Å². The Kier molecular flexibility index (Phi) is 4.58. The lowest BCUT2D eigenvalue weighted by Gasteiger charge is -2.28. The van der Waals surface area contributed by atoms with E-state index in [4.69, 9.17) is 0 Å². The van der Waals surface area contributed by atoms with Gasteiger partial charge in [-0.25, -0.2) is 17.5 Å². The summed E-state index contributed by atoms with van der Waals surface area (Å²) in [5, 5.41) is 0. The first-order valence-corrected chi connectivity index (χ1v) is 8.27. The van der Waals surface area contributed by atoms with Crippen molar-refractivity contribution in [1.82, 2.24) is 4.72 Å². The van der Waals surface area contributed by atoms with Gasteiger partial charge < -0.3 is 0 Å². The molecule has 1 aromatic rings. The maximum Gasteiger partial charge on any atom is 0.240 e. The van der Waals surface area contributed by atoms with Crippen molar-refractivity contribution < 1.29 is 12.8 Å². The van der Waals surface area contributed by atoms with Crippen LogP contribution in [0.5, 0.6) is 0 Å². The molecule has 0 bridgehead atoms. The molecule has 0 atom stereocenters. The first-order valence-electron chi connectivity index (χ1n) is 6.79. The van der Waals surface area contributed by atoms with Gasteiger partial charge in [0.05, 0.1) is 4.90 Å². The zero-order chi connectivity index (χ0) is 13.9. The Bertz CT molecular complexity index is 505. The van der Waals surface area contributed by atoms with Crippen LogP contribution in [0.4, 0.5) is 4.39 Å². The van der Waals surface area contributed by atoms with Crippen LogP contribution >= 0.6 is 0 Å². The van der Waals surface area contributed by atoms with Gasteiger partial charge in [-0.2, -0.15) is 0 Å². The van der Waals surface area contributed by atoms with Crippen molar-refractivity contribution in [2.24, 2.45) is 5.92 Å². The van der Waals surface area contributed by atoms with Gasteiger partial charge in [0.2, 0.25) is 10.0 Å². The highest BCUT2D eigenvalue weighted by atomic mass is 32.2. The fourth-order valence-corrected chi connectivity index (χ4v) is 3.89. The van der Waals surface area contributed by atoms with Crippen LogP contribution in [0.1, 0.15) is 39.0 Å². The van der Waals surface area contributed by atoms with Gasteiger partial charge in [-0.15, -0.1) is 0 Å². The number of sulfonamides is 1. The third-order valence-corrected chi connectivity index (χ3v) is 5.41. The fraction of sp³-hybridized carbons (Fsp3) is 0.571. The first kappa shape index (κ1) is 14.5. The standard InChI is InChI=1S/C14H20FNO2S/c1-2-11-3-7-13(8-4-11)16-19(17,18)14-9-5-12(15)6-10-14/h5-6,9-11,13,16H,2-4,7-8H2,1H3. The summed E-state index contributed by atoms with van der Waals surface area (Å²) >= 11 is 0. The second-order valence-electron chi connectivity index (χ2n) is 5.20. The summed E-state index contributed by atoms with van der Waals surface area (Å²) in [6, 6.07) is 4.95. The molecule has 0 saturated heterocycles. The summed E-state index contributed by atoms with van der Waals surface area (Å²) in [5.74, 6) is 0.300. The zero-order valence-electron chi connectivity index (χ0n) is 11.1. The number of rotatable bonds is 4. The first-order chi connectivity index (χ1) is 9.01. The second-order valence-corrected chi connectivity index (χ2v) is 6.92. The van der Waals surface area contributed by atoms with Gasteiger partial charge >= 0.3 is 0 Å². The molecule has 0 spiro atoms. The molecule has 0 heterocycles. The molecule has 1 aliphatic rings. The number of nitrogens with one attached hydrogen (secondary N) is 1. The van der Waals surface area contributed by atoms with Crippen molar-refractivity contribution in [3.63, 3.8) is 0 Å². The van der Waals surface area contributed by atoms with Gasteiger partial charge in [0.1, 0.15) is 5.82 Å². The van der Waals surface area contributed by atoms with Crippen LogP contribution in [0.2, 0.25) is 0 Å². The number of benzene rings is 1. The van der Waals surface area contributed by atoms with E-state index in [1.54, 1.807) is 0 Å². The third kappa shape index (κ3) is 3.76. The average Bonchev–Trinajstić information content (AvgIpc) is 2.40. The Morgan fingerprint density at radius 1 is 1.16 bits per heavy atom. The molecule has 2 rings (SSSR count). The third-order valence-electron chi connectivity index (χ3n) is 3.87.